The van der Waals surface area contributed by atoms with Crippen LogP contribution in [0.1, 0.15) is 28.1 Å². The minimum Gasteiger partial charge on any atom is -0.489 e. The van der Waals surface area contributed by atoms with E-state index < -0.39 is 0 Å². The number of para-hydroxylation sites is 2. The molecule has 1 N–H and O–H groups in total. The van der Waals surface area contributed by atoms with E-state index in [9.17, 15) is 0 Å². The molecule has 0 fully saturated rings. The third-order valence-corrected chi connectivity index (χ3v) is 6.32. The molecule has 0 bridgehead atoms. The highest BCUT2D eigenvalue weighted by atomic mass is 16.5. The number of ether oxygens (including phenoxy) is 1. The van der Waals surface area contributed by atoms with Crippen molar-refractivity contribution in [2.75, 3.05) is 0 Å². The molecule has 35 heavy (non-hydrogen) atoms. The zero-order valence-electron chi connectivity index (χ0n) is 19.6. The van der Waals surface area contributed by atoms with Gasteiger partial charge in [0.2, 0.25) is 0 Å². The molecule has 0 saturated carbocycles. The average molecular weight is 461 g/mol. The van der Waals surface area contributed by atoms with Crippen LogP contribution in [0.4, 0.5) is 0 Å². The number of fused-ring (bicyclic) bond motifs is 3. The number of hydrogen-bond donors (Lipinski definition) is 1. The fraction of sp³-hybridized carbons (Fsp3) is 0.143. The van der Waals surface area contributed by atoms with Crippen molar-refractivity contribution in [3.05, 3.63) is 107 Å². The minimum absolute atomic E-state index is 0.449. The first kappa shape index (κ1) is 21.0. The second-order valence-electron chi connectivity index (χ2n) is 8.60. The molecule has 6 aromatic rings. The van der Waals surface area contributed by atoms with Crippen molar-refractivity contribution in [3.8, 4) is 11.7 Å². The van der Waals surface area contributed by atoms with Gasteiger partial charge in [0.05, 0.1) is 5.69 Å². The molecule has 0 unspecified atom stereocenters. The van der Waals surface area contributed by atoms with Crippen molar-refractivity contribution in [1.29, 1.82) is 0 Å². The zero-order chi connectivity index (χ0) is 23.8. The molecule has 7 heteroatoms. The summed E-state index contributed by atoms with van der Waals surface area (Å²) >= 11 is 0. The molecule has 172 valence electrons. The Morgan fingerprint density at radius 1 is 0.857 bits per heavy atom. The molecule has 0 aliphatic heterocycles. The molecule has 0 radical (unpaired) electrons. The molecule has 0 aliphatic carbocycles. The van der Waals surface area contributed by atoms with Gasteiger partial charge in [0.15, 0.2) is 5.65 Å². The van der Waals surface area contributed by atoms with E-state index in [1.807, 2.05) is 74.5 Å². The first-order valence-corrected chi connectivity index (χ1v) is 11.6. The van der Waals surface area contributed by atoms with Crippen LogP contribution in [0.25, 0.3) is 28.0 Å². The molecule has 0 spiro atoms. The number of rotatable bonds is 6. The van der Waals surface area contributed by atoms with E-state index in [2.05, 4.69) is 33.4 Å². The summed E-state index contributed by atoms with van der Waals surface area (Å²) in [6, 6.07) is 26.4. The van der Waals surface area contributed by atoms with Crippen molar-refractivity contribution in [2.45, 2.75) is 26.9 Å². The largest absolute Gasteiger partial charge is 0.489 e. The van der Waals surface area contributed by atoms with Crippen LogP contribution in [0.3, 0.4) is 0 Å². The van der Waals surface area contributed by atoms with Crippen LogP contribution >= 0.6 is 0 Å². The summed E-state index contributed by atoms with van der Waals surface area (Å²) < 4.78 is 7.95. The Balaban J connectivity index is 1.31. The van der Waals surface area contributed by atoms with Crippen LogP contribution in [0.15, 0.2) is 78.9 Å². The van der Waals surface area contributed by atoms with Gasteiger partial charge in [0.25, 0.3) is 5.95 Å². The summed E-state index contributed by atoms with van der Waals surface area (Å²) in [5, 5.41) is 14.6. The van der Waals surface area contributed by atoms with E-state index in [1.165, 1.54) is 0 Å². The topological polar surface area (TPSA) is 81.5 Å². The van der Waals surface area contributed by atoms with Gasteiger partial charge < -0.3 is 9.72 Å². The van der Waals surface area contributed by atoms with Gasteiger partial charge in [-0.2, -0.15) is 10.1 Å². The van der Waals surface area contributed by atoms with Crippen molar-refractivity contribution < 1.29 is 4.74 Å². The van der Waals surface area contributed by atoms with Crippen LogP contribution in [-0.4, -0.2) is 29.9 Å². The third-order valence-electron chi connectivity index (χ3n) is 6.32. The Bertz CT molecular complexity index is 1650. The monoisotopic (exact) mass is 460 g/mol. The lowest BCUT2D eigenvalue weighted by atomic mass is 10.0. The number of H-pyrrole nitrogens is 1. The molecule has 0 saturated heterocycles. The summed E-state index contributed by atoms with van der Waals surface area (Å²) in [6.07, 6.45) is 0.699. The Morgan fingerprint density at radius 3 is 2.51 bits per heavy atom. The van der Waals surface area contributed by atoms with Gasteiger partial charge in [-0.1, -0.05) is 66.7 Å². The number of aryl methyl sites for hydroxylation is 1. The Hall–Kier alpha value is -4.52. The summed E-state index contributed by atoms with van der Waals surface area (Å²) in [6.45, 7) is 4.59. The van der Waals surface area contributed by atoms with Crippen LogP contribution in [0, 0.1) is 13.8 Å². The molecule has 3 aromatic heterocycles. The maximum atomic E-state index is 6.18. The summed E-state index contributed by atoms with van der Waals surface area (Å²) in [4.78, 5) is 8.06. The summed E-state index contributed by atoms with van der Waals surface area (Å²) in [5.41, 5.74) is 7.74. The third kappa shape index (κ3) is 3.91. The van der Waals surface area contributed by atoms with Crippen LogP contribution in [-0.2, 0) is 13.0 Å². The predicted octanol–water partition coefficient (Wildman–Crippen LogP) is 5.48. The van der Waals surface area contributed by atoms with Crippen LogP contribution in [0.5, 0.6) is 5.75 Å². The number of nitrogens with zero attached hydrogens (tertiary/aromatic N) is 5. The number of nitrogens with one attached hydrogen (secondary N) is 1. The van der Waals surface area contributed by atoms with Gasteiger partial charge in [-0.25, -0.2) is 4.68 Å². The highest BCUT2D eigenvalue weighted by Gasteiger charge is 2.18. The first-order valence-electron chi connectivity index (χ1n) is 11.6. The van der Waals surface area contributed by atoms with Gasteiger partial charge in [-0.15, -0.1) is 10.2 Å². The van der Waals surface area contributed by atoms with E-state index >= 15 is 0 Å². The molecule has 3 aromatic carbocycles. The number of hydrogen-bond acceptors (Lipinski definition) is 5. The minimum atomic E-state index is 0.449. The highest BCUT2D eigenvalue weighted by Crippen LogP contribution is 2.27. The summed E-state index contributed by atoms with van der Waals surface area (Å²) in [5.74, 6) is 1.32. The fourth-order valence-corrected chi connectivity index (χ4v) is 4.44. The Kier molecular flexibility index (Phi) is 5.22. The molecule has 0 atom stereocenters. The quantitative estimate of drug-likeness (QED) is 0.356. The summed E-state index contributed by atoms with van der Waals surface area (Å²) in [7, 11) is 0. The second-order valence-corrected chi connectivity index (χ2v) is 8.60. The predicted molar refractivity (Wildman–Crippen MR) is 136 cm³/mol. The van der Waals surface area contributed by atoms with Crippen molar-refractivity contribution in [3.63, 3.8) is 0 Å². The van der Waals surface area contributed by atoms with E-state index in [4.69, 9.17) is 14.8 Å². The number of aromatic amines is 1. The first-order chi connectivity index (χ1) is 17.2. The SMILES string of the molecule is Cc1nn(-c2nnc3c(n2)[nH]c2ccccc23)c(C)c1Cc1ccccc1OCc1ccccc1. The Labute approximate surface area is 202 Å². The van der Waals surface area contributed by atoms with Gasteiger partial charge >= 0.3 is 0 Å². The number of benzene rings is 3. The van der Waals surface area contributed by atoms with Gasteiger partial charge in [-0.05, 0) is 37.1 Å². The van der Waals surface area contributed by atoms with Crippen molar-refractivity contribution >= 4 is 22.1 Å². The molecule has 6 rings (SSSR count). The van der Waals surface area contributed by atoms with Crippen molar-refractivity contribution in [2.24, 2.45) is 0 Å². The molecular weight excluding hydrogens is 436 g/mol. The van der Waals surface area contributed by atoms with Crippen LogP contribution in [0.2, 0.25) is 0 Å². The maximum Gasteiger partial charge on any atom is 0.272 e. The van der Waals surface area contributed by atoms with Gasteiger partial charge in [0, 0.05) is 28.6 Å². The zero-order valence-corrected chi connectivity index (χ0v) is 19.6. The maximum absolute atomic E-state index is 6.18. The van der Waals surface area contributed by atoms with Crippen LogP contribution < -0.4 is 4.74 Å². The van der Waals surface area contributed by atoms with Crippen molar-refractivity contribution in [1.82, 2.24) is 29.9 Å². The number of aromatic nitrogens is 6. The molecule has 3 heterocycles. The lowest BCUT2D eigenvalue weighted by Crippen LogP contribution is -2.07. The van der Waals surface area contributed by atoms with E-state index in [1.54, 1.807) is 4.68 Å². The van der Waals surface area contributed by atoms with E-state index in [-0.39, 0.29) is 0 Å². The lowest BCUT2D eigenvalue weighted by Gasteiger charge is -2.12. The van der Waals surface area contributed by atoms with Gasteiger partial charge in [0.1, 0.15) is 17.9 Å². The second kappa shape index (κ2) is 8.68. The molecule has 0 aliphatic rings. The fourth-order valence-electron chi connectivity index (χ4n) is 4.44. The average Bonchev–Trinajstić information content (AvgIpc) is 3.40. The smallest absolute Gasteiger partial charge is 0.272 e. The van der Waals surface area contributed by atoms with E-state index in [0.29, 0.717) is 24.6 Å². The lowest BCUT2D eigenvalue weighted by molar-refractivity contribution is 0.303. The highest BCUT2D eigenvalue weighted by molar-refractivity contribution is 6.03. The normalized spacial score (nSPS) is 11.4. The van der Waals surface area contributed by atoms with Gasteiger partial charge in [-0.3, -0.25) is 0 Å². The Morgan fingerprint density at radius 2 is 1.63 bits per heavy atom. The molecule has 7 nitrogen and oxygen atoms in total. The van der Waals surface area contributed by atoms with E-state index in [0.717, 1.165) is 50.2 Å². The standard InChI is InChI=1S/C28H24N6O/c1-18-23(16-21-12-6-9-15-25(21)35-17-20-10-4-3-5-11-20)19(2)34(33-18)28-30-27-26(31-32-28)22-13-7-8-14-24(22)29-27/h3-15H,16-17H2,1-2H3,(H,29,30,32). The molecular formula is C28H24N6O. The molecule has 0 amide bonds.